The van der Waals surface area contributed by atoms with Crippen molar-refractivity contribution in [2.45, 2.75) is 0 Å². The molecule has 3 aromatic carbocycles. The van der Waals surface area contributed by atoms with Crippen molar-refractivity contribution in [3.8, 4) is 22.5 Å². The van der Waals surface area contributed by atoms with E-state index in [-0.39, 0.29) is 10.6 Å². The molecule has 0 aliphatic carbocycles. The first kappa shape index (κ1) is 15.4. The van der Waals surface area contributed by atoms with Gasteiger partial charge in [-0.25, -0.2) is 9.78 Å². The molecule has 0 saturated carbocycles. The number of H-pyrrole nitrogens is 1. The van der Waals surface area contributed by atoms with Crippen LogP contribution in [-0.2, 0) is 0 Å². The van der Waals surface area contributed by atoms with E-state index in [0.29, 0.717) is 0 Å². The van der Waals surface area contributed by atoms with Crippen LogP contribution in [0.3, 0.4) is 0 Å². The molecule has 4 rings (SSSR count). The van der Waals surface area contributed by atoms with Gasteiger partial charge in [0.25, 0.3) is 0 Å². The van der Waals surface area contributed by atoms with Crippen molar-refractivity contribution in [3.05, 3.63) is 77.3 Å². The van der Waals surface area contributed by atoms with Crippen LogP contribution in [0.2, 0.25) is 5.02 Å². The molecule has 0 amide bonds. The molecular weight excluding hydrogens is 336 g/mol. The first-order valence-electron chi connectivity index (χ1n) is 7.71. The molecule has 1 heterocycles. The highest BCUT2D eigenvalue weighted by atomic mass is 35.5. The molecule has 4 aromatic rings. The van der Waals surface area contributed by atoms with Crippen LogP contribution < -0.4 is 0 Å². The van der Waals surface area contributed by atoms with Crippen molar-refractivity contribution in [1.82, 2.24) is 9.97 Å². The summed E-state index contributed by atoms with van der Waals surface area (Å²) >= 11 is 5.99. The normalized spacial score (nSPS) is 10.9. The highest BCUT2D eigenvalue weighted by Gasteiger charge is 2.14. The van der Waals surface area contributed by atoms with Gasteiger partial charge in [-0.15, -0.1) is 0 Å². The van der Waals surface area contributed by atoms with Gasteiger partial charge in [0.15, 0.2) is 0 Å². The van der Waals surface area contributed by atoms with E-state index in [4.69, 9.17) is 11.6 Å². The number of aromatic carboxylic acids is 1. The number of nitrogens with one attached hydrogen (secondary N) is 1. The molecule has 0 atom stereocenters. The number of aromatic nitrogens is 2. The van der Waals surface area contributed by atoms with Crippen LogP contribution in [0.15, 0.2) is 66.7 Å². The maximum absolute atomic E-state index is 11.4. The van der Waals surface area contributed by atoms with Gasteiger partial charge < -0.3 is 10.1 Å². The van der Waals surface area contributed by atoms with E-state index in [2.05, 4.69) is 9.97 Å². The molecule has 0 fully saturated rings. The van der Waals surface area contributed by atoms with Gasteiger partial charge in [-0.05, 0) is 35.4 Å². The summed E-state index contributed by atoms with van der Waals surface area (Å²) in [4.78, 5) is 19.3. The van der Waals surface area contributed by atoms with Crippen molar-refractivity contribution in [1.29, 1.82) is 0 Å². The van der Waals surface area contributed by atoms with E-state index < -0.39 is 5.97 Å². The van der Waals surface area contributed by atoms with Gasteiger partial charge in [-0.1, -0.05) is 54.1 Å². The number of benzene rings is 3. The molecule has 5 heteroatoms. The lowest BCUT2D eigenvalue weighted by molar-refractivity contribution is 0.0697. The minimum absolute atomic E-state index is 0.0820. The molecule has 0 unspecified atom stereocenters. The van der Waals surface area contributed by atoms with E-state index >= 15 is 0 Å². The minimum atomic E-state index is -1.05. The monoisotopic (exact) mass is 348 g/mol. The molecule has 25 heavy (non-hydrogen) atoms. The number of carboxylic acids is 1. The lowest BCUT2D eigenvalue weighted by atomic mass is 9.97. The number of rotatable bonds is 3. The summed E-state index contributed by atoms with van der Waals surface area (Å²) < 4.78 is 0. The standard InChI is InChI=1S/C20H13ClN2O2/c21-16-10-9-12(11-15(16)20(24)25)13-5-1-2-6-14(13)19-22-17-7-3-4-8-18(17)23-19/h1-11H,(H,22,23)(H,24,25). The SMILES string of the molecule is O=C(O)c1cc(-c2ccccc2-c2nc3ccccc3[nH]2)ccc1Cl. The summed E-state index contributed by atoms with van der Waals surface area (Å²) in [5.74, 6) is -0.309. The number of hydrogen-bond acceptors (Lipinski definition) is 2. The Bertz CT molecular complexity index is 1070. The average molecular weight is 349 g/mol. The minimum Gasteiger partial charge on any atom is -0.478 e. The number of carboxylic acid groups (broad SMARTS) is 1. The van der Waals surface area contributed by atoms with Gasteiger partial charge in [0.05, 0.1) is 21.6 Å². The van der Waals surface area contributed by atoms with E-state index in [1.54, 1.807) is 12.1 Å². The zero-order valence-electron chi connectivity index (χ0n) is 13.0. The second kappa shape index (κ2) is 6.07. The summed E-state index contributed by atoms with van der Waals surface area (Å²) in [6.45, 7) is 0. The lowest BCUT2D eigenvalue weighted by Crippen LogP contribution is -1.98. The van der Waals surface area contributed by atoms with Crippen LogP contribution in [0, 0.1) is 0 Å². The summed E-state index contributed by atoms with van der Waals surface area (Å²) in [5, 5.41) is 9.54. The number of nitrogens with zero attached hydrogens (tertiary/aromatic N) is 1. The van der Waals surface area contributed by atoms with Crippen LogP contribution in [0.25, 0.3) is 33.5 Å². The number of hydrogen-bond donors (Lipinski definition) is 2. The van der Waals surface area contributed by atoms with Crippen molar-refractivity contribution >= 4 is 28.6 Å². The molecule has 2 N–H and O–H groups in total. The van der Waals surface area contributed by atoms with Crippen LogP contribution in [0.5, 0.6) is 0 Å². The van der Waals surface area contributed by atoms with Crippen molar-refractivity contribution < 1.29 is 9.90 Å². The van der Waals surface area contributed by atoms with E-state index in [1.807, 2.05) is 54.6 Å². The fourth-order valence-electron chi connectivity index (χ4n) is 2.88. The van der Waals surface area contributed by atoms with Crippen LogP contribution in [-0.4, -0.2) is 21.0 Å². The molecular formula is C20H13ClN2O2. The fourth-order valence-corrected chi connectivity index (χ4v) is 3.08. The molecule has 1 aromatic heterocycles. The molecule has 0 saturated heterocycles. The number of halogens is 1. The molecule has 0 spiro atoms. The molecule has 0 aliphatic rings. The van der Waals surface area contributed by atoms with Gasteiger partial charge >= 0.3 is 5.97 Å². The van der Waals surface area contributed by atoms with E-state index in [0.717, 1.165) is 33.5 Å². The third kappa shape index (κ3) is 2.77. The van der Waals surface area contributed by atoms with Crippen LogP contribution in [0.4, 0.5) is 0 Å². The van der Waals surface area contributed by atoms with E-state index in [1.165, 1.54) is 0 Å². The Morgan fingerprint density at radius 2 is 1.68 bits per heavy atom. The van der Waals surface area contributed by atoms with Gasteiger partial charge in [-0.3, -0.25) is 0 Å². The zero-order chi connectivity index (χ0) is 17.4. The smallest absolute Gasteiger partial charge is 0.337 e. The predicted octanol–water partition coefficient (Wildman–Crippen LogP) is 5.25. The molecule has 0 radical (unpaired) electrons. The number of carbonyl (C=O) groups is 1. The quantitative estimate of drug-likeness (QED) is 0.531. The van der Waals surface area contributed by atoms with Gasteiger partial charge in [0.2, 0.25) is 0 Å². The Balaban J connectivity index is 1.90. The first-order valence-corrected chi connectivity index (χ1v) is 8.08. The summed E-state index contributed by atoms with van der Waals surface area (Å²) in [6, 6.07) is 20.6. The predicted molar refractivity (Wildman–Crippen MR) is 98.9 cm³/mol. The molecule has 4 nitrogen and oxygen atoms in total. The number of imidazole rings is 1. The topological polar surface area (TPSA) is 66.0 Å². The van der Waals surface area contributed by atoms with E-state index in [9.17, 15) is 9.90 Å². The largest absolute Gasteiger partial charge is 0.478 e. The second-order valence-electron chi connectivity index (χ2n) is 5.65. The highest BCUT2D eigenvalue weighted by Crippen LogP contribution is 2.33. The number of aromatic amines is 1. The average Bonchev–Trinajstić information content (AvgIpc) is 3.06. The van der Waals surface area contributed by atoms with Crippen LogP contribution >= 0.6 is 11.6 Å². The lowest BCUT2D eigenvalue weighted by Gasteiger charge is -2.09. The van der Waals surface area contributed by atoms with Gasteiger partial charge in [-0.2, -0.15) is 0 Å². The first-order chi connectivity index (χ1) is 12.1. The molecule has 0 bridgehead atoms. The van der Waals surface area contributed by atoms with Crippen molar-refractivity contribution in [3.63, 3.8) is 0 Å². The maximum Gasteiger partial charge on any atom is 0.337 e. The Morgan fingerprint density at radius 3 is 2.44 bits per heavy atom. The zero-order valence-corrected chi connectivity index (χ0v) is 13.8. The van der Waals surface area contributed by atoms with Gasteiger partial charge in [0, 0.05) is 5.56 Å². The number of para-hydroxylation sites is 2. The Kier molecular flexibility index (Phi) is 3.75. The Labute approximate surface area is 148 Å². The highest BCUT2D eigenvalue weighted by molar-refractivity contribution is 6.33. The summed E-state index contributed by atoms with van der Waals surface area (Å²) in [5.41, 5.74) is 4.48. The Morgan fingerprint density at radius 1 is 0.960 bits per heavy atom. The third-order valence-electron chi connectivity index (χ3n) is 4.08. The summed E-state index contributed by atoms with van der Waals surface area (Å²) in [6.07, 6.45) is 0. The third-order valence-corrected chi connectivity index (χ3v) is 4.41. The van der Waals surface area contributed by atoms with Gasteiger partial charge in [0.1, 0.15) is 5.82 Å². The molecule has 122 valence electrons. The van der Waals surface area contributed by atoms with Crippen molar-refractivity contribution in [2.24, 2.45) is 0 Å². The summed E-state index contributed by atoms with van der Waals surface area (Å²) in [7, 11) is 0. The molecule has 0 aliphatic heterocycles. The fraction of sp³-hybridized carbons (Fsp3) is 0. The van der Waals surface area contributed by atoms with Crippen LogP contribution in [0.1, 0.15) is 10.4 Å². The van der Waals surface area contributed by atoms with Crippen molar-refractivity contribution in [2.75, 3.05) is 0 Å². The number of fused-ring (bicyclic) bond motifs is 1. The maximum atomic E-state index is 11.4. The Hall–Kier alpha value is -3.11. The second-order valence-corrected chi connectivity index (χ2v) is 6.06.